The van der Waals surface area contributed by atoms with Crippen molar-refractivity contribution < 1.29 is 4.39 Å². The standard InChI is InChI=1S/C18H22FN/c1-12-5-4-6-15(10-12)7-8-17(20)18-14(3)9-13(2)11-16(18)19/h4-6,9-11,17H,7-8,20H2,1-3H3. The van der Waals surface area contributed by atoms with Gasteiger partial charge in [-0.3, -0.25) is 0 Å². The van der Waals surface area contributed by atoms with Crippen LogP contribution in [0.2, 0.25) is 0 Å². The molecule has 0 radical (unpaired) electrons. The van der Waals surface area contributed by atoms with Gasteiger partial charge >= 0.3 is 0 Å². The Bertz CT molecular complexity index is 581. The quantitative estimate of drug-likeness (QED) is 0.877. The summed E-state index contributed by atoms with van der Waals surface area (Å²) in [6, 6.07) is 11.7. The normalized spacial score (nSPS) is 12.4. The molecular weight excluding hydrogens is 249 g/mol. The van der Waals surface area contributed by atoms with Gasteiger partial charge in [0.1, 0.15) is 5.82 Å². The van der Waals surface area contributed by atoms with Crippen molar-refractivity contribution in [2.75, 3.05) is 0 Å². The Morgan fingerprint density at radius 3 is 2.45 bits per heavy atom. The Labute approximate surface area is 120 Å². The molecule has 2 heteroatoms. The monoisotopic (exact) mass is 271 g/mol. The van der Waals surface area contributed by atoms with Gasteiger partial charge in [0.25, 0.3) is 0 Å². The molecule has 0 aliphatic rings. The van der Waals surface area contributed by atoms with Crippen LogP contribution in [0.15, 0.2) is 36.4 Å². The summed E-state index contributed by atoms with van der Waals surface area (Å²) in [4.78, 5) is 0. The minimum Gasteiger partial charge on any atom is -0.324 e. The third kappa shape index (κ3) is 3.45. The largest absolute Gasteiger partial charge is 0.324 e. The molecule has 1 atom stereocenters. The minimum absolute atomic E-state index is 0.181. The minimum atomic E-state index is -0.254. The van der Waals surface area contributed by atoms with Gasteiger partial charge in [0.05, 0.1) is 0 Å². The van der Waals surface area contributed by atoms with Crippen LogP contribution in [-0.2, 0) is 6.42 Å². The molecule has 0 heterocycles. The van der Waals surface area contributed by atoms with E-state index in [1.807, 2.05) is 26.0 Å². The second-order valence-corrected chi connectivity index (χ2v) is 5.61. The summed E-state index contributed by atoms with van der Waals surface area (Å²) in [5, 5.41) is 0. The van der Waals surface area contributed by atoms with E-state index in [4.69, 9.17) is 5.73 Å². The zero-order chi connectivity index (χ0) is 14.7. The Balaban J connectivity index is 2.11. The van der Waals surface area contributed by atoms with E-state index in [1.54, 1.807) is 6.07 Å². The van der Waals surface area contributed by atoms with Crippen molar-refractivity contribution in [2.24, 2.45) is 5.73 Å². The number of aryl methyl sites for hydroxylation is 4. The third-order valence-electron chi connectivity index (χ3n) is 3.68. The Morgan fingerprint density at radius 2 is 1.80 bits per heavy atom. The number of rotatable bonds is 4. The van der Waals surface area contributed by atoms with E-state index >= 15 is 0 Å². The first-order valence-electron chi connectivity index (χ1n) is 7.05. The summed E-state index contributed by atoms with van der Waals surface area (Å²) < 4.78 is 14.1. The molecule has 2 rings (SSSR count). The molecule has 20 heavy (non-hydrogen) atoms. The van der Waals surface area contributed by atoms with Crippen molar-refractivity contribution in [1.82, 2.24) is 0 Å². The Hall–Kier alpha value is -1.67. The average molecular weight is 271 g/mol. The van der Waals surface area contributed by atoms with Crippen molar-refractivity contribution >= 4 is 0 Å². The van der Waals surface area contributed by atoms with Crippen LogP contribution in [0.25, 0.3) is 0 Å². The smallest absolute Gasteiger partial charge is 0.128 e. The van der Waals surface area contributed by atoms with E-state index in [0.717, 1.165) is 24.0 Å². The van der Waals surface area contributed by atoms with Gasteiger partial charge in [-0.25, -0.2) is 4.39 Å². The highest BCUT2D eigenvalue weighted by Gasteiger charge is 2.14. The highest BCUT2D eigenvalue weighted by molar-refractivity contribution is 5.34. The fourth-order valence-electron chi connectivity index (χ4n) is 2.73. The lowest BCUT2D eigenvalue weighted by Crippen LogP contribution is -2.15. The van der Waals surface area contributed by atoms with E-state index in [-0.39, 0.29) is 11.9 Å². The zero-order valence-corrected chi connectivity index (χ0v) is 12.4. The topological polar surface area (TPSA) is 26.0 Å². The molecule has 0 saturated heterocycles. The molecule has 0 aliphatic carbocycles. The fourth-order valence-corrected chi connectivity index (χ4v) is 2.73. The second kappa shape index (κ2) is 6.19. The first-order chi connectivity index (χ1) is 9.47. The lowest BCUT2D eigenvalue weighted by atomic mass is 9.94. The SMILES string of the molecule is Cc1cccc(CCC(N)c2c(C)cc(C)cc2F)c1. The molecule has 0 amide bonds. The third-order valence-corrected chi connectivity index (χ3v) is 3.68. The van der Waals surface area contributed by atoms with Crippen LogP contribution < -0.4 is 5.73 Å². The van der Waals surface area contributed by atoms with Gasteiger partial charge in [0, 0.05) is 11.6 Å². The van der Waals surface area contributed by atoms with Gasteiger partial charge in [0.15, 0.2) is 0 Å². The number of hydrogen-bond donors (Lipinski definition) is 1. The van der Waals surface area contributed by atoms with E-state index < -0.39 is 0 Å². The maximum Gasteiger partial charge on any atom is 0.128 e. The zero-order valence-electron chi connectivity index (χ0n) is 12.4. The summed E-state index contributed by atoms with van der Waals surface area (Å²) in [7, 11) is 0. The fraction of sp³-hybridized carbons (Fsp3) is 0.333. The number of halogens is 1. The highest BCUT2D eigenvalue weighted by Crippen LogP contribution is 2.24. The molecule has 2 aromatic carbocycles. The molecular formula is C18H22FN. The lowest BCUT2D eigenvalue weighted by Gasteiger charge is -2.16. The second-order valence-electron chi connectivity index (χ2n) is 5.61. The molecule has 106 valence electrons. The van der Waals surface area contributed by atoms with Gasteiger partial charge in [-0.2, -0.15) is 0 Å². The number of nitrogens with two attached hydrogens (primary N) is 1. The predicted octanol–water partition coefficient (Wildman–Crippen LogP) is 4.38. The van der Waals surface area contributed by atoms with Crippen LogP contribution in [0.4, 0.5) is 4.39 Å². The highest BCUT2D eigenvalue weighted by atomic mass is 19.1. The average Bonchev–Trinajstić information content (AvgIpc) is 2.35. The molecule has 0 spiro atoms. The van der Waals surface area contributed by atoms with E-state index in [9.17, 15) is 4.39 Å². The van der Waals surface area contributed by atoms with Crippen molar-refractivity contribution in [3.8, 4) is 0 Å². The van der Waals surface area contributed by atoms with Crippen LogP contribution in [0.3, 0.4) is 0 Å². The molecule has 1 unspecified atom stereocenters. The van der Waals surface area contributed by atoms with Crippen LogP contribution in [0.1, 0.15) is 40.3 Å². The van der Waals surface area contributed by atoms with Crippen molar-refractivity contribution in [3.63, 3.8) is 0 Å². The number of benzene rings is 2. The summed E-state index contributed by atoms with van der Waals surface area (Å²) in [6.45, 7) is 5.91. The van der Waals surface area contributed by atoms with Crippen LogP contribution in [0.5, 0.6) is 0 Å². The van der Waals surface area contributed by atoms with Gasteiger partial charge in [0.2, 0.25) is 0 Å². The molecule has 0 bridgehead atoms. The molecule has 0 fully saturated rings. The first-order valence-corrected chi connectivity index (χ1v) is 7.05. The summed E-state index contributed by atoms with van der Waals surface area (Å²) in [5.41, 5.74) is 11.2. The molecule has 2 N–H and O–H groups in total. The Morgan fingerprint density at radius 1 is 1.05 bits per heavy atom. The van der Waals surface area contributed by atoms with Gasteiger partial charge in [-0.15, -0.1) is 0 Å². The molecule has 0 saturated carbocycles. The van der Waals surface area contributed by atoms with Crippen molar-refractivity contribution in [2.45, 2.75) is 39.7 Å². The van der Waals surface area contributed by atoms with E-state index in [1.165, 1.54) is 11.1 Å². The molecule has 0 aromatic heterocycles. The van der Waals surface area contributed by atoms with Crippen LogP contribution in [-0.4, -0.2) is 0 Å². The van der Waals surface area contributed by atoms with Crippen LogP contribution >= 0.6 is 0 Å². The molecule has 2 aromatic rings. The summed E-state index contributed by atoms with van der Waals surface area (Å²) >= 11 is 0. The predicted molar refractivity (Wildman–Crippen MR) is 82.3 cm³/mol. The molecule has 0 aliphatic heterocycles. The maximum absolute atomic E-state index is 14.1. The summed E-state index contributed by atoms with van der Waals surface area (Å²) in [5.74, 6) is -0.181. The summed E-state index contributed by atoms with van der Waals surface area (Å²) in [6.07, 6.45) is 1.62. The van der Waals surface area contributed by atoms with Gasteiger partial charge in [-0.05, 0) is 56.4 Å². The van der Waals surface area contributed by atoms with Gasteiger partial charge in [-0.1, -0.05) is 35.9 Å². The van der Waals surface area contributed by atoms with E-state index in [2.05, 4.69) is 25.1 Å². The molecule has 1 nitrogen and oxygen atoms in total. The Kier molecular flexibility index (Phi) is 4.56. The lowest BCUT2D eigenvalue weighted by molar-refractivity contribution is 0.559. The van der Waals surface area contributed by atoms with Crippen molar-refractivity contribution in [1.29, 1.82) is 0 Å². The first kappa shape index (κ1) is 14.7. The van der Waals surface area contributed by atoms with Gasteiger partial charge < -0.3 is 5.73 Å². The number of hydrogen-bond acceptors (Lipinski definition) is 1. The van der Waals surface area contributed by atoms with Crippen LogP contribution in [0, 0.1) is 26.6 Å². The van der Waals surface area contributed by atoms with E-state index in [0.29, 0.717) is 5.56 Å². The van der Waals surface area contributed by atoms with Crippen molar-refractivity contribution in [3.05, 3.63) is 70.0 Å². The maximum atomic E-state index is 14.1.